The minimum Gasteiger partial charge on any atom is -0.391 e. The van der Waals surface area contributed by atoms with Gasteiger partial charge in [0.15, 0.2) is 0 Å². The molecular weight excluding hydrogens is 174 g/mol. The van der Waals surface area contributed by atoms with Gasteiger partial charge in [-0.15, -0.1) is 11.6 Å². The van der Waals surface area contributed by atoms with E-state index in [1.165, 1.54) is 19.3 Å². The Kier molecular flexibility index (Phi) is 4.33. The second-order valence-electron chi connectivity index (χ2n) is 3.83. The lowest BCUT2D eigenvalue weighted by atomic mass is 9.85. The van der Waals surface area contributed by atoms with Gasteiger partial charge in [0, 0.05) is 19.0 Å². The molecule has 72 valence electrons. The quantitative estimate of drug-likeness (QED) is 0.663. The van der Waals surface area contributed by atoms with E-state index in [1.807, 2.05) is 7.05 Å². The summed E-state index contributed by atoms with van der Waals surface area (Å²) in [6.07, 6.45) is 3.75. The number of rotatable bonds is 5. The van der Waals surface area contributed by atoms with Crippen LogP contribution in [0.5, 0.6) is 0 Å². The highest BCUT2D eigenvalue weighted by Crippen LogP contribution is 2.26. The Morgan fingerprint density at radius 1 is 1.58 bits per heavy atom. The summed E-state index contributed by atoms with van der Waals surface area (Å²) in [7, 11) is 2.05. The molecule has 1 fully saturated rings. The molecule has 0 aliphatic heterocycles. The van der Waals surface area contributed by atoms with Crippen molar-refractivity contribution in [1.29, 1.82) is 0 Å². The molecule has 1 N–H and O–H groups in total. The monoisotopic (exact) mass is 191 g/mol. The van der Waals surface area contributed by atoms with Crippen molar-refractivity contribution in [1.82, 2.24) is 4.90 Å². The van der Waals surface area contributed by atoms with Gasteiger partial charge in [-0.2, -0.15) is 0 Å². The van der Waals surface area contributed by atoms with Crippen LogP contribution in [0.3, 0.4) is 0 Å². The summed E-state index contributed by atoms with van der Waals surface area (Å²) >= 11 is 5.50. The van der Waals surface area contributed by atoms with Gasteiger partial charge in [-0.3, -0.25) is 0 Å². The van der Waals surface area contributed by atoms with Crippen LogP contribution in [0.4, 0.5) is 0 Å². The highest BCUT2D eigenvalue weighted by molar-refractivity contribution is 6.18. The molecule has 1 unspecified atom stereocenters. The third-order valence-electron chi connectivity index (χ3n) is 2.50. The fourth-order valence-corrected chi connectivity index (χ4v) is 1.70. The Morgan fingerprint density at radius 3 is 2.67 bits per heavy atom. The second-order valence-corrected chi connectivity index (χ2v) is 4.13. The van der Waals surface area contributed by atoms with Crippen LogP contribution < -0.4 is 0 Å². The van der Waals surface area contributed by atoms with Gasteiger partial charge in [-0.05, 0) is 25.8 Å². The van der Waals surface area contributed by atoms with Crippen molar-refractivity contribution >= 4 is 11.6 Å². The van der Waals surface area contributed by atoms with Gasteiger partial charge < -0.3 is 10.0 Å². The van der Waals surface area contributed by atoms with Crippen LogP contribution in [0.2, 0.25) is 0 Å². The molecule has 1 rings (SSSR count). The zero-order valence-electron chi connectivity index (χ0n) is 7.67. The molecule has 0 saturated heterocycles. The van der Waals surface area contributed by atoms with Gasteiger partial charge in [0.25, 0.3) is 0 Å². The third kappa shape index (κ3) is 3.30. The molecule has 0 amide bonds. The highest BCUT2D eigenvalue weighted by Gasteiger charge is 2.19. The van der Waals surface area contributed by atoms with Gasteiger partial charge in [0.05, 0.1) is 6.10 Å². The maximum absolute atomic E-state index is 9.26. The zero-order chi connectivity index (χ0) is 8.97. The summed E-state index contributed by atoms with van der Waals surface area (Å²) < 4.78 is 0. The molecule has 0 aromatic rings. The van der Waals surface area contributed by atoms with Gasteiger partial charge in [0.1, 0.15) is 0 Å². The first-order valence-corrected chi connectivity index (χ1v) is 5.18. The normalized spacial score (nSPS) is 21.0. The number of nitrogens with zero attached hydrogens (tertiary/aromatic N) is 1. The van der Waals surface area contributed by atoms with E-state index < -0.39 is 0 Å². The van der Waals surface area contributed by atoms with Crippen molar-refractivity contribution in [2.24, 2.45) is 5.92 Å². The molecule has 0 aromatic carbocycles. The Balaban J connectivity index is 2.05. The maximum atomic E-state index is 9.26. The minimum absolute atomic E-state index is 0.342. The van der Waals surface area contributed by atoms with E-state index in [4.69, 9.17) is 11.6 Å². The van der Waals surface area contributed by atoms with Gasteiger partial charge in [-0.1, -0.05) is 6.42 Å². The van der Waals surface area contributed by atoms with E-state index in [2.05, 4.69) is 4.90 Å². The largest absolute Gasteiger partial charge is 0.391 e. The fourth-order valence-electron chi connectivity index (χ4n) is 1.60. The van der Waals surface area contributed by atoms with Crippen LogP contribution in [0.1, 0.15) is 19.3 Å². The number of aliphatic hydroxyl groups is 1. The number of likely N-dealkylation sites (N-methyl/N-ethyl adjacent to an activating group) is 1. The fraction of sp³-hybridized carbons (Fsp3) is 1.00. The molecule has 0 heterocycles. The molecule has 12 heavy (non-hydrogen) atoms. The van der Waals surface area contributed by atoms with Crippen molar-refractivity contribution in [2.75, 3.05) is 26.0 Å². The van der Waals surface area contributed by atoms with E-state index in [0.717, 1.165) is 12.5 Å². The lowest BCUT2D eigenvalue weighted by molar-refractivity contribution is 0.120. The molecule has 1 aliphatic rings. The van der Waals surface area contributed by atoms with Crippen LogP contribution in [0.25, 0.3) is 0 Å². The van der Waals surface area contributed by atoms with Crippen LogP contribution >= 0.6 is 11.6 Å². The number of hydrogen-bond acceptors (Lipinski definition) is 2. The Morgan fingerprint density at radius 2 is 2.25 bits per heavy atom. The summed E-state index contributed by atoms with van der Waals surface area (Å²) in [5, 5.41) is 9.26. The third-order valence-corrected chi connectivity index (χ3v) is 2.85. The van der Waals surface area contributed by atoms with E-state index in [1.54, 1.807) is 0 Å². The summed E-state index contributed by atoms with van der Waals surface area (Å²) in [6, 6.07) is 0. The van der Waals surface area contributed by atoms with Crippen molar-refractivity contribution in [3.8, 4) is 0 Å². The molecule has 2 nitrogen and oxygen atoms in total. The molecule has 0 bridgehead atoms. The van der Waals surface area contributed by atoms with E-state index >= 15 is 0 Å². The lowest BCUT2D eigenvalue weighted by Gasteiger charge is -2.30. The average Bonchev–Trinajstić information content (AvgIpc) is 1.97. The predicted molar refractivity (Wildman–Crippen MR) is 51.6 cm³/mol. The summed E-state index contributed by atoms with van der Waals surface area (Å²) in [6.45, 7) is 1.83. The molecule has 1 aliphatic carbocycles. The minimum atomic E-state index is -0.364. The van der Waals surface area contributed by atoms with Crippen molar-refractivity contribution in [3.63, 3.8) is 0 Å². The first-order chi connectivity index (χ1) is 5.72. The number of halogens is 1. The second kappa shape index (κ2) is 5.05. The molecule has 1 saturated carbocycles. The zero-order valence-corrected chi connectivity index (χ0v) is 8.43. The molecule has 1 atom stereocenters. The molecule has 3 heteroatoms. The van der Waals surface area contributed by atoms with Crippen molar-refractivity contribution in [3.05, 3.63) is 0 Å². The van der Waals surface area contributed by atoms with Crippen molar-refractivity contribution in [2.45, 2.75) is 25.4 Å². The number of aliphatic hydroxyl groups excluding tert-OH is 1. The lowest BCUT2D eigenvalue weighted by Crippen LogP contribution is -2.35. The molecule has 0 spiro atoms. The van der Waals surface area contributed by atoms with E-state index in [9.17, 15) is 5.11 Å². The SMILES string of the molecule is CN(CC(O)CCl)CC1CCC1. The number of alkyl halides is 1. The van der Waals surface area contributed by atoms with Gasteiger partial charge in [0.2, 0.25) is 0 Å². The molecule has 0 aromatic heterocycles. The first-order valence-electron chi connectivity index (χ1n) is 4.65. The van der Waals surface area contributed by atoms with E-state index in [-0.39, 0.29) is 6.10 Å². The highest BCUT2D eigenvalue weighted by atomic mass is 35.5. The Bertz CT molecular complexity index is 121. The topological polar surface area (TPSA) is 23.5 Å². The van der Waals surface area contributed by atoms with Crippen LogP contribution in [0.15, 0.2) is 0 Å². The maximum Gasteiger partial charge on any atom is 0.0802 e. The van der Waals surface area contributed by atoms with Gasteiger partial charge >= 0.3 is 0 Å². The van der Waals surface area contributed by atoms with Crippen LogP contribution in [0, 0.1) is 5.92 Å². The Labute approximate surface area is 79.5 Å². The van der Waals surface area contributed by atoms with E-state index in [0.29, 0.717) is 12.4 Å². The summed E-state index contributed by atoms with van der Waals surface area (Å²) in [5.41, 5.74) is 0. The summed E-state index contributed by atoms with van der Waals surface area (Å²) in [4.78, 5) is 2.18. The Hall–Kier alpha value is 0.210. The molecule has 0 radical (unpaired) electrons. The van der Waals surface area contributed by atoms with Crippen LogP contribution in [-0.2, 0) is 0 Å². The van der Waals surface area contributed by atoms with Crippen molar-refractivity contribution < 1.29 is 5.11 Å². The van der Waals surface area contributed by atoms with Crippen LogP contribution in [-0.4, -0.2) is 42.1 Å². The van der Waals surface area contributed by atoms with Gasteiger partial charge in [-0.25, -0.2) is 0 Å². The summed E-state index contributed by atoms with van der Waals surface area (Å²) in [5.74, 6) is 1.21. The smallest absolute Gasteiger partial charge is 0.0802 e. The molecular formula is C9H18ClNO. The first kappa shape index (κ1) is 10.3. The number of hydrogen-bond donors (Lipinski definition) is 1. The standard InChI is InChI=1S/C9H18ClNO/c1-11(7-9(12)5-10)6-8-3-2-4-8/h8-9,12H,2-7H2,1H3. The average molecular weight is 192 g/mol. The predicted octanol–water partition coefficient (Wildman–Crippen LogP) is 1.32.